The van der Waals surface area contributed by atoms with Gasteiger partial charge in [0, 0.05) is 18.4 Å². The molecule has 0 bridgehead atoms. The van der Waals surface area contributed by atoms with Crippen molar-refractivity contribution >= 4 is 29.1 Å². The Hall–Kier alpha value is -3.19. The molecule has 0 aliphatic heterocycles. The van der Waals surface area contributed by atoms with Gasteiger partial charge in [0.05, 0.1) is 19.6 Å². The predicted octanol–water partition coefficient (Wildman–Crippen LogP) is 2.58. The molecule has 30 heavy (non-hydrogen) atoms. The lowest BCUT2D eigenvalue weighted by Crippen LogP contribution is -2.42. The molecule has 3 amide bonds. The van der Waals surface area contributed by atoms with Crippen LogP contribution < -0.4 is 10.6 Å². The fourth-order valence-electron chi connectivity index (χ4n) is 2.87. The molecule has 0 unspecified atom stereocenters. The number of likely N-dealkylation sites (N-methyl/N-ethyl adjacent to an activating group) is 2. The maximum Gasteiger partial charge on any atom is 0.243 e. The summed E-state index contributed by atoms with van der Waals surface area (Å²) in [5, 5.41) is 5.65. The van der Waals surface area contributed by atoms with Gasteiger partial charge in [0.15, 0.2) is 0 Å². The van der Waals surface area contributed by atoms with E-state index < -0.39 is 0 Å². The summed E-state index contributed by atoms with van der Waals surface area (Å²) in [5.41, 5.74) is 4.67. The van der Waals surface area contributed by atoms with Crippen LogP contribution >= 0.6 is 0 Å². The second kappa shape index (κ2) is 10.5. The third-order valence-corrected chi connectivity index (χ3v) is 4.84. The summed E-state index contributed by atoms with van der Waals surface area (Å²) in [6.07, 6.45) is 0. The Balaban J connectivity index is 1.79. The number of carbonyl (C=O) groups excluding carboxylic acids is 3. The van der Waals surface area contributed by atoms with Crippen molar-refractivity contribution in [3.63, 3.8) is 0 Å². The molecule has 2 aromatic carbocycles. The average Bonchev–Trinajstić information content (AvgIpc) is 2.67. The maximum absolute atomic E-state index is 12.4. The minimum Gasteiger partial charge on any atom is -0.335 e. The molecule has 0 heterocycles. The quantitative estimate of drug-likeness (QED) is 0.701. The van der Waals surface area contributed by atoms with Crippen LogP contribution in [-0.4, -0.2) is 61.3 Å². The number of nitrogens with one attached hydrogen (secondary N) is 2. The van der Waals surface area contributed by atoms with Gasteiger partial charge in [-0.25, -0.2) is 0 Å². The molecule has 0 aliphatic rings. The Morgan fingerprint density at radius 2 is 1.43 bits per heavy atom. The molecule has 2 aromatic rings. The highest BCUT2D eigenvalue weighted by Crippen LogP contribution is 2.17. The van der Waals surface area contributed by atoms with E-state index in [0.717, 1.165) is 22.4 Å². The van der Waals surface area contributed by atoms with E-state index in [1.807, 2.05) is 63.2 Å². The molecule has 0 aliphatic carbocycles. The van der Waals surface area contributed by atoms with Crippen LogP contribution in [0.25, 0.3) is 0 Å². The normalized spacial score (nSPS) is 10.6. The molecule has 0 saturated carbocycles. The fraction of sp³-hybridized carbons (Fsp3) is 0.348. The van der Waals surface area contributed by atoms with E-state index in [1.165, 1.54) is 4.90 Å². The number of rotatable bonds is 8. The third kappa shape index (κ3) is 7.00. The summed E-state index contributed by atoms with van der Waals surface area (Å²) in [4.78, 5) is 39.8. The Bertz CT molecular complexity index is 909. The van der Waals surface area contributed by atoms with Gasteiger partial charge in [0.2, 0.25) is 17.7 Å². The van der Waals surface area contributed by atoms with Crippen molar-refractivity contribution in [3.8, 4) is 0 Å². The molecule has 7 nitrogen and oxygen atoms in total. The molecule has 0 saturated heterocycles. The molecular formula is C23H30N4O3. The molecule has 0 aromatic heterocycles. The average molecular weight is 411 g/mol. The van der Waals surface area contributed by atoms with Gasteiger partial charge in [-0.3, -0.25) is 19.3 Å². The van der Waals surface area contributed by atoms with E-state index in [2.05, 4.69) is 10.6 Å². The highest BCUT2D eigenvalue weighted by atomic mass is 16.2. The number of carbonyl (C=O) groups is 3. The van der Waals surface area contributed by atoms with Gasteiger partial charge < -0.3 is 15.5 Å². The number of aryl methyl sites for hydroxylation is 2. The summed E-state index contributed by atoms with van der Waals surface area (Å²) in [5.74, 6) is -0.708. The van der Waals surface area contributed by atoms with Gasteiger partial charge in [-0.2, -0.15) is 0 Å². The van der Waals surface area contributed by atoms with Gasteiger partial charge in [-0.05, 0) is 57.1 Å². The van der Waals surface area contributed by atoms with Crippen LogP contribution in [0.15, 0.2) is 42.5 Å². The van der Waals surface area contributed by atoms with Crippen LogP contribution in [0.5, 0.6) is 0 Å². The molecule has 2 N–H and O–H groups in total. The highest BCUT2D eigenvalue weighted by Gasteiger charge is 2.17. The number of nitrogens with zero attached hydrogens (tertiary/aromatic N) is 2. The van der Waals surface area contributed by atoms with Crippen molar-refractivity contribution in [3.05, 3.63) is 59.2 Å². The van der Waals surface area contributed by atoms with Crippen LogP contribution in [-0.2, 0) is 14.4 Å². The first kappa shape index (κ1) is 23.1. The first-order valence-corrected chi connectivity index (χ1v) is 9.81. The first-order chi connectivity index (χ1) is 14.2. The molecule has 0 fully saturated rings. The number of hydrogen-bond acceptors (Lipinski definition) is 4. The van der Waals surface area contributed by atoms with Crippen molar-refractivity contribution in [2.75, 3.05) is 44.4 Å². The van der Waals surface area contributed by atoms with Crippen molar-refractivity contribution < 1.29 is 14.4 Å². The maximum atomic E-state index is 12.4. The smallest absolute Gasteiger partial charge is 0.243 e. The Kier molecular flexibility index (Phi) is 8.12. The van der Waals surface area contributed by atoms with Gasteiger partial charge >= 0.3 is 0 Å². The van der Waals surface area contributed by atoms with E-state index in [4.69, 9.17) is 0 Å². The number of anilines is 2. The highest BCUT2D eigenvalue weighted by molar-refractivity contribution is 5.95. The van der Waals surface area contributed by atoms with Crippen LogP contribution in [0.1, 0.15) is 16.7 Å². The number of amides is 3. The van der Waals surface area contributed by atoms with Gasteiger partial charge in [0.25, 0.3) is 0 Å². The summed E-state index contributed by atoms with van der Waals surface area (Å²) < 4.78 is 0. The van der Waals surface area contributed by atoms with Crippen molar-refractivity contribution in [2.24, 2.45) is 0 Å². The lowest BCUT2D eigenvalue weighted by atomic mass is 10.1. The summed E-state index contributed by atoms with van der Waals surface area (Å²) in [7, 11) is 3.27. The zero-order valence-corrected chi connectivity index (χ0v) is 18.3. The molecule has 0 spiro atoms. The van der Waals surface area contributed by atoms with Crippen LogP contribution in [0.4, 0.5) is 11.4 Å². The fourth-order valence-corrected chi connectivity index (χ4v) is 2.87. The van der Waals surface area contributed by atoms with E-state index in [1.54, 1.807) is 19.0 Å². The Morgan fingerprint density at radius 1 is 0.800 bits per heavy atom. The SMILES string of the molecule is Cc1ccc(NC(=O)CN(C)C(=O)CN(C)CC(=O)Nc2cccc(C)c2C)cc1. The summed E-state index contributed by atoms with van der Waals surface area (Å²) in [6, 6.07) is 13.2. The van der Waals surface area contributed by atoms with Gasteiger partial charge in [-0.1, -0.05) is 29.8 Å². The summed E-state index contributed by atoms with van der Waals surface area (Å²) >= 11 is 0. The second-order valence-corrected chi connectivity index (χ2v) is 7.63. The second-order valence-electron chi connectivity index (χ2n) is 7.63. The minimum absolute atomic E-state index is 0.0362. The molecule has 2 rings (SSSR count). The zero-order valence-electron chi connectivity index (χ0n) is 18.3. The van der Waals surface area contributed by atoms with Gasteiger partial charge in [-0.15, -0.1) is 0 Å². The predicted molar refractivity (Wildman–Crippen MR) is 119 cm³/mol. The number of benzene rings is 2. The lowest BCUT2D eigenvalue weighted by Gasteiger charge is -2.21. The first-order valence-electron chi connectivity index (χ1n) is 9.81. The summed E-state index contributed by atoms with van der Waals surface area (Å²) in [6.45, 7) is 5.96. The molecular weight excluding hydrogens is 380 g/mol. The van der Waals surface area contributed by atoms with Gasteiger partial charge in [0.1, 0.15) is 0 Å². The van der Waals surface area contributed by atoms with Crippen molar-refractivity contribution in [1.82, 2.24) is 9.80 Å². The van der Waals surface area contributed by atoms with Crippen LogP contribution in [0.3, 0.4) is 0 Å². The molecule has 0 radical (unpaired) electrons. The topological polar surface area (TPSA) is 81.8 Å². The standard InChI is InChI=1S/C23H30N4O3/c1-16-9-11-19(12-10-16)24-22(29)14-27(5)23(30)15-26(4)13-21(28)25-20-8-6-7-17(2)18(20)3/h6-12H,13-15H2,1-5H3,(H,24,29)(H,25,28). The van der Waals surface area contributed by atoms with Crippen LogP contribution in [0, 0.1) is 20.8 Å². The van der Waals surface area contributed by atoms with Crippen molar-refractivity contribution in [1.29, 1.82) is 0 Å². The third-order valence-electron chi connectivity index (χ3n) is 4.84. The monoisotopic (exact) mass is 410 g/mol. The molecule has 160 valence electrons. The molecule has 7 heteroatoms. The van der Waals surface area contributed by atoms with E-state index in [-0.39, 0.29) is 37.4 Å². The van der Waals surface area contributed by atoms with E-state index in [0.29, 0.717) is 5.69 Å². The van der Waals surface area contributed by atoms with Crippen molar-refractivity contribution in [2.45, 2.75) is 20.8 Å². The van der Waals surface area contributed by atoms with E-state index in [9.17, 15) is 14.4 Å². The Labute approximate surface area is 178 Å². The number of hydrogen-bond donors (Lipinski definition) is 2. The minimum atomic E-state index is -0.273. The lowest BCUT2D eigenvalue weighted by molar-refractivity contribution is -0.134. The van der Waals surface area contributed by atoms with Crippen LogP contribution in [0.2, 0.25) is 0 Å². The van der Waals surface area contributed by atoms with E-state index >= 15 is 0 Å². The largest absolute Gasteiger partial charge is 0.335 e. The molecule has 0 atom stereocenters. The Morgan fingerprint density at radius 3 is 2.10 bits per heavy atom. The zero-order chi connectivity index (χ0) is 22.3.